The van der Waals surface area contributed by atoms with Crippen LogP contribution in [0.2, 0.25) is 0 Å². The van der Waals surface area contributed by atoms with Crippen LogP contribution in [0.15, 0.2) is 34.7 Å². The summed E-state index contributed by atoms with van der Waals surface area (Å²) >= 11 is 2.05. The summed E-state index contributed by atoms with van der Waals surface area (Å²) < 4.78 is 0. The van der Waals surface area contributed by atoms with Crippen LogP contribution < -0.4 is 0 Å². The average molecular weight is 330 g/mol. The van der Waals surface area contributed by atoms with E-state index in [0.717, 1.165) is 5.92 Å². The van der Waals surface area contributed by atoms with Crippen molar-refractivity contribution < 1.29 is 0 Å². The molecule has 3 fully saturated rings. The molecule has 3 nitrogen and oxygen atoms in total. The highest BCUT2D eigenvalue weighted by molar-refractivity contribution is 8.03. The molecule has 124 valence electrons. The van der Waals surface area contributed by atoms with Crippen LogP contribution in [0.4, 0.5) is 0 Å². The number of allylic oxidation sites excluding steroid dienone is 2. The first-order chi connectivity index (χ1) is 11.4. The van der Waals surface area contributed by atoms with Crippen molar-refractivity contribution in [1.82, 2.24) is 14.7 Å². The minimum Gasteiger partial charge on any atom is -0.374 e. The van der Waals surface area contributed by atoms with Crippen molar-refractivity contribution in [2.75, 3.05) is 38.5 Å². The van der Waals surface area contributed by atoms with Gasteiger partial charge in [0.1, 0.15) is 0 Å². The van der Waals surface area contributed by atoms with Crippen LogP contribution in [0.25, 0.3) is 0 Å². The average Bonchev–Trinajstić information content (AvgIpc) is 3.18. The van der Waals surface area contributed by atoms with Gasteiger partial charge in [-0.1, -0.05) is 0 Å². The second-order valence-electron chi connectivity index (χ2n) is 7.76. The number of piperidine rings is 2. The molecule has 0 aromatic rings. The lowest BCUT2D eigenvalue weighted by atomic mass is 9.95. The van der Waals surface area contributed by atoms with E-state index in [-0.39, 0.29) is 0 Å². The first-order valence-electron chi connectivity index (χ1n) is 9.38. The second-order valence-corrected chi connectivity index (χ2v) is 8.77. The van der Waals surface area contributed by atoms with Gasteiger partial charge in [0, 0.05) is 66.5 Å². The smallest absolute Gasteiger partial charge is 0.0461 e. The molecule has 5 aliphatic rings. The van der Waals surface area contributed by atoms with Crippen LogP contribution in [-0.2, 0) is 0 Å². The first-order valence-corrected chi connectivity index (χ1v) is 10.4. The Hall–Kier alpha value is -0.870. The maximum absolute atomic E-state index is 2.66. The normalized spacial score (nSPS) is 36.5. The Morgan fingerprint density at radius 2 is 1.96 bits per heavy atom. The van der Waals surface area contributed by atoms with E-state index < -0.39 is 0 Å². The van der Waals surface area contributed by atoms with Crippen LogP contribution in [0, 0.1) is 5.92 Å². The molecule has 4 heteroatoms. The predicted molar refractivity (Wildman–Crippen MR) is 96.9 cm³/mol. The molecule has 0 aliphatic carbocycles. The van der Waals surface area contributed by atoms with Crippen molar-refractivity contribution in [3.8, 4) is 0 Å². The fourth-order valence-electron chi connectivity index (χ4n) is 4.97. The summed E-state index contributed by atoms with van der Waals surface area (Å²) in [6, 6.07) is 0.696. The number of nitrogens with zero attached hydrogens (tertiary/aromatic N) is 3. The molecule has 2 bridgehead atoms. The fraction of sp³-hybridized carbons (Fsp3) is 0.684. The lowest BCUT2D eigenvalue weighted by Gasteiger charge is -2.37. The first kappa shape index (κ1) is 14.5. The molecule has 0 amide bonds. The van der Waals surface area contributed by atoms with Crippen LogP contribution in [0.1, 0.15) is 32.1 Å². The number of hydrogen-bond donors (Lipinski definition) is 0. The summed E-state index contributed by atoms with van der Waals surface area (Å²) in [4.78, 5) is 9.35. The molecule has 0 aromatic carbocycles. The van der Waals surface area contributed by atoms with Crippen molar-refractivity contribution in [3.05, 3.63) is 34.7 Å². The second kappa shape index (κ2) is 5.89. The zero-order valence-corrected chi connectivity index (χ0v) is 14.7. The predicted octanol–water partition coefficient (Wildman–Crippen LogP) is 3.24. The van der Waals surface area contributed by atoms with E-state index in [1.54, 1.807) is 5.70 Å². The van der Waals surface area contributed by atoms with Crippen LogP contribution in [0.5, 0.6) is 0 Å². The van der Waals surface area contributed by atoms with Gasteiger partial charge in [0.2, 0.25) is 0 Å². The Morgan fingerprint density at radius 1 is 1.04 bits per heavy atom. The summed E-state index contributed by atoms with van der Waals surface area (Å²) in [6.07, 6.45) is 14.2. The third-order valence-electron chi connectivity index (χ3n) is 6.22. The van der Waals surface area contributed by atoms with Crippen LogP contribution >= 0.6 is 11.8 Å². The molecule has 3 saturated heterocycles. The molecule has 23 heavy (non-hydrogen) atoms. The Bertz CT molecular complexity index is 561. The summed E-state index contributed by atoms with van der Waals surface area (Å²) in [5, 5.41) is 0. The maximum Gasteiger partial charge on any atom is 0.0461 e. The van der Waals surface area contributed by atoms with E-state index in [4.69, 9.17) is 0 Å². The Labute approximate surface area is 144 Å². The Balaban J connectivity index is 1.35. The van der Waals surface area contributed by atoms with Gasteiger partial charge in [-0.05, 0) is 50.6 Å². The minimum atomic E-state index is 0.696. The SMILES string of the molecule is C1=CN([C@@H]2C[C@H]3CCN(C3)C2)C=C2SCC(N3CCCCC3)=C12. The topological polar surface area (TPSA) is 9.72 Å². The number of thioether (sulfide) groups is 1. The Morgan fingerprint density at radius 3 is 2.83 bits per heavy atom. The van der Waals surface area contributed by atoms with Crippen molar-refractivity contribution in [2.45, 2.75) is 38.1 Å². The maximum atomic E-state index is 2.66. The fourth-order valence-corrected chi connectivity index (χ4v) is 6.13. The van der Waals surface area contributed by atoms with E-state index in [0.29, 0.717) is 6.04 Å². The standard InChI is InChI=1S/C19H27N3S/c1-2-6-21(7-3-1)18-14-23-19-13-22(9-5-17(18)19)16-10-15-4-8-20(11-15)12-16/h5,9,13,15-16H,1-4,6-8,10-12,14H2/t15-,16-/m1/s1. The van der Waals surface area contributed by atoms with Gasteiger partial charge in [0.25, 0.3) is 0 Å². The monoisotopic (exact) mass is 329 g/mol. The summed E-state index contributed by atoms with van der Waals surface area (Å²) in [7, 11) is 0. The molecular formula is C19H27N3S. The summed E-state index contributed by atoms with van der Waals surface area (Å²) in [5.74, 6) is 2.12. The quantitative estimate of drug-likeness (QED) is 0.769. The third-order valence-corrected chi connectivity index (χ3v) is 7.28. The van der Waals surface area contributed by atoms with Gasteiger partial charge in [0.05, 0.1) is 0 Å². The van der Waals surface area contributed by atoms with Gasteiger partial charge in [-0.2, -0.15) is 0 Å². The number of hydrogen-bond acceptors (Lipinski definition) is 4. The summed E-state index contributed by atoms with van der Waals surface area (Å²) in [5.41, 5.74) is 3.12. The van der Waals surface area contributed by atoms with E-state index in [1.165, 1.54) is 81.1 Å². The lowest BCUT2D eigenvalue weighted by molar-refractivity contribution is 0.173. The van der Waals surface area contributed by atoms with Crippen molar-refractivity contribution in [2.24, 2.45) is 5.92 Å². The van der Waals surface area contributed by atoms with Gasteiger partial charge in [-0.25, -0.2) is 0 Å². The molecule has 0 aromatic heterocycles. The molecule has 5 heterocycles. The molecule has 0 radical (unpaired) electrons. The van der Waals surface area contributed by atoms with Crippen LogP contribution in [0.3, 0.4) is 0 Å². The molecule has 0 spiro atoms. The zero-order chi connectivity index (χ0) is 15.2. The Kier molecular flexibility index (Phi) is 3.71. The molecule has 0 saturated carbocycles. The molecule has 5 rings (SSSR count). The molecule has 1 unspecified atom stereocenters. The number of likely N-dealkylation sites (tertiary alicyclic amines) is 1. The lowest BCUT2D eigenvalue weighted by Crippen LogP contribution is -2.43. The molecule has 0 N–H and O–H groups in total. The third kappa shape index (κ3) is 2.64. The van der Waals surface area contributed by atoms with Crippen molar-refractivity contribution >= 4 is 11.8 Å². The van der Waals surface area contributed by atoms with Crippen molar-refractivity contribution in [1.29, 1.82) is 0 Å². The van der Waals surface area contributed by atoms with Gasteiger partial charge in [-0.3, -0.25) is 0 Å². The molecule has 3 atom stereocenters. The highest BCUT2D eigenvalue weighted by Crippen LogP contribution is 2.42. The van der Waals surface area contributed by atoms with E-state index in [1.807, 2.05) is 0 Å². The van der Waals surface area contributed by atoms with Crippen LogP contribution in [-0.4, -0.2) is 59.2 Å². The van der Waals surface area contributed by atoms with Gasteiger partial charge < -0.3 is 14.7 Å². The minimum absolute atomic E-state index is 0.696. The van der Waals surface area contributed by atoms with Gasteiger partial charge >= 0.3 is 0 Å². The van der Waals surface area contributed by atoms with E-state index in [9.17, 15) is 0 Å². The zero-order valence-electron chi connectivity index (χ0n) is 13.9. The van der Waals surface area contributed by atoms with Gasteiger partial charge in [0.15, 0.2) is 0 Å². The highest BCUT2D eigenvalue weighted by atomic mass is 32.2. The van der Waals surface area contributed by atoms with E-state index in [2.05, 4.69) is 44.9 Å². The molecular weight excluding hydrogens is 302 g/mol. The number of rotatable bonds is 2. The molecule has 5 aliphatic heterocycles. The van der Waals surface area contributed by atoms with E-state index >= 15 is 0 Å². The highest BCUT2D eigenvalue weighted by Gasteiger charge is 2.35. The van der Waals surface area contributed by atoms with Crippen molar-refractivity contribution in [3.63, 3.8) is 0 Å². The number of fused-ring (bicyclic) bond motifs is 3. The largest absolute Gasteiger partial charge is 0.374 e. The van der Waals surface area contributed by atoms with Gasteiger partial charge in [-0.15, -0.1) is 11.8 Å². The summed E-state index contributed by atoms with van der Waals surface area (Å²) in [6.45, 7) is 6.47.